The quantitative estimate of drug-likeness (QED) is 0.833. The van der Waals surface area contributed by atoms with Gasteiger partial charge in [0.05, 0.1) is 0 Å². The first-order chi connectivity index (χ1) is 9.53. The van der Waals surface area contributed by atoms with Crippen molar-refractivity contribution in [1.82, 2.24) is 10.6 Å². The zero-order valence-corrected chi connectivity index (χ0v) is 14.6. The summed E-state index contributed by atoms with van der Waals surface area (Å²) >= 11 is 1.68. The van der Waals surface area contributed by atoms with Crippen molar-refractivity contribution in [3.63, 3.8) is 0 Å². The van der Waals surface area contributed by atoms with Crippen molar-refractivity contribution in [2.24, 2.45) is 5.41 Å². The number of benzene rings is 1. The number of hydrogen-bond donors (Lipinski definition) is 2. The second kappa shape index (κ2) is 8.06. The molecule has 1 fully saturated rings. The largest absolute Gasteiger partial charge is 0.350 e. The summed E-state index contributed by atoms with van der Waals surface area (Å²) < 4.78 is 0. The summed E-state index contributed by atoms with van der Waals surface area (Å²) in [4.78, 5) is 13.3. The van der Waals surface area contributed by atoms with Gasteiger partial charge in [-0.3, -0.25) is 4.79 Å². The van der Waals surface area contributed by atoms with Crippen LogP contribution in [0.25, 0.3) is 0 Å². The van der Waals surface area contributed by atoms with E-state index in [1.54, 1.807) is 11.8 Å². The minimum absolute atomic E-state index is 0. The standard InChI is InChI=1S/C16H24N2OS.ClH/c1-16(2)9-4-10-17-14(16)11-18-15(19)12-5-7-13(20-3)8-6-12;/h5-8,14,17H,4,9-11H2,1-3H3,(H,18,19);1H. The molecule has 1 heterocycles. The summed E-state index contributed by atoms with van der Waals surface area (Å²) in [6.07, 6.45) is 4.46. The molecule has 0 aliphatic carbocycles. The molecule has 1 aromatic rings. The number of nitrogens with one attached hydrogen (secondary N) is 2. The van der Waals surface area contributed by atoms with Crippen LogP contribution in [0.5, 0.6) is 0 Å². The van der Waals surface area contributed by atoms with E-state index in [2.05, 4.69) is 24.5 Å². The van der Waals surface area contributed by atoms with Gasteiger partial charge < -0.3 is 10.6 Å². The zero-order chi connectivity index (χ0) is 14.6. The molecule has 1 aliphatic rings. The van der Waals surface area contributed by atoms with Gasteiger partial charge in [-0.05, 0) is 55.3 Å². The summed E-state index contributed by atoms with van der Waals surface area (Å²) in [5.74, 6) is 0.0147. The molecule has 2 N–H and O–H groups in total. The number of carbonyl (C=O) groups is 1. The minimum Gasteiger partial charge on any atom is -0.350 e. The van der Waals surface area contributed by atoms with Crippen LogP contribution in [0.2, 0.25) is 0 Å². The molecule has 1 unspecified atom stereocenters. The highest BCUT2D eigenvalue weighted by atomic mass is 35.5. The molecule has 0 bridgehead atoms. The number of thioether (sulfide) groups is 1. The van der Waals surface area contributed by atoms with Crippen LogP contribution < -0.4 is 10.6 Å². The normalized spacial score (nSPS) is 20.4. The summed E-state index contributed by atoms with van der Waals surface area (Å²) in [5, 5.41) is 6.57. The average Bonchev–Trinajstić information content (AvgIpc) is 2.45. The molecule has 0 radical (unpaired) electrons. The Morgan fingerprint density at radius 3 is 2.62 bits per heavy atom. The molecule has 0 aromatic heterocycles. The lowest BCUT2D eigenvalue weighted by molar-refractivity contribution is 0.0929. The molecular weight excluding hydrogens is 304 g/mol. The number of amides is 1. The molecule has 0 saturated carbocycles. The Kier molecular flexibility index (Phi) is 7.04. The van der Waals surface area contributed by atoms with E-state index in [0.29, 0.717) is 12.6 Å². The summed E-state index contributed by atoms with van der Waals surface area (Å²) in [5.41, 5.74) is 0.977. The monoisotopic (exact) mass is 328 g/mol. The fraction of sp³-hybridized carbons (Fsp3) is 0.562. The van der Waals surface area contributed by atoms with Crippen LogP contribution in [-0.2, 0) is 0 Å². The third kappa shape index (κ3) is 4.90. The predicted octanol–water partition coefficient (Wildman–Crippen LogP) is 3.34. The first-order valence-electron chi connectivity index (χ1n) is 7.18. The molecule has 1 saturated heterocycles. The third-order valence-electron chi connectivity index (χ3n) is 4.15. The fourth-order valence-electron chi connectivity index (χ4n) is 2.66. The van der Waals surface area contributed by atoms with E-state index in [4.69, 9.17) is 0 Å². The van der Waals surface area contributed by atoms with Gasteiger partial charge in [-0.25, -0.2) is 0 Å². The lowest BCUT2D eigenvalue weighted by Crippen LogP contribution is -2.52. The first kappa shape index (κ1) is 18.3. The van der Waals surface area contributed by atoms with Crippen LogP contribution in [0, 0.1) is 5.41 Å². The molecule has 1 aromatic carbocycles. The van der Waals surface area contributed by atoms with E-state index in [0.717, 1.165) is 12.1 Å². The van der Waals surface area contributed by atoms with Gasteiger partial charge in [-0.2, -0.15) is 0 Å². The van der Waals surface area contributed by atoms with Gasteiger partial charge in [0.25, 0.3) is 5.91 Å². The molecule has 0 spiro atoms. The molecule has 2 rings (SSSR count). The van der Waals surface area contributed by atoms with Gasteiger partial charge >= 0.3 is 0 Å². The van der Waals surface area contributed by atoms with Crippen LogP contribution in [0.15, 0.2) is 29.2 Å². The lowest BCUT2D eigenvalue weighted by atomic mass is 9.77. The van der Waals surface area contributed by atoms with Crippen molar-refractivity contribution < 1.29 is 4.79 Å². The van der Waals surface area contributed by atoms with Crippen LogP contribution in [0.3, 0.4) is 0 Å². The molecule has 3 nitrogen and oxygen atoms in total. The van der Waals surface area contributed by atoms with E-state index in [1.165, 1.54) is 17.7 Å². The maximum atomic E-state index is 12.2. The van der Waals surface area contributed by atoms with Crippen molar-refractivity contribution in [3.05, 3.63) is 29.8 Å². The van der Waals surface area contributed by atoms with Gasteiger partial charge in [0.2, 0.25) is 0 Å². The fourth-order valence-corrected chi connectivity index (χ4v) is 3.07. The summed E-state index contributed by atoms with van der Waals surface area (Å²) in [6.45, 7) is 6.27. The second-order valence-corrected chi connectivity index (χ2v) is 6.92. The number of hydrogen-bond acceptors (Lipinski definition) is 3. The molecule has 5 heteroatoms. The van der Waals surface area contributed by atoms with Crippen molar-refractivity contribution in [2.45, 2.75) is 37.6 Å². The van der Waals surface area contributed by atoms with Gasteiger partial charge in [0.1, 0.15) is 0 Å². The number of carbonyl (C=O) groups excluding carboxylic acids is 1. The molecule has 1 atom stereocenters. The van der Waals surface area contributed by atoms with Crippen molar-refractivity contribution >= 4 is 30.1 Å². The smallest absolute Gasteiger partial charge is 0.251 e. The maximum absolute atomic E-state index is 12.2. The van der Waals surface area contributed by atoms with E-state index < -0.39 is 0 Å². The highest BCUT2D eigenvalue weighted by Crippen LogP contribution is 2.29. The average molecular weight is 329 g/mol. The SMILES string of the molecule is CSc1ccc(C(=O)NCC2NCCCC2(C)C)cc1.Cl. The van der Waals surface area contributed by atoms with Crippen LogP contribution in [0.1, 0.15) is 37.0 Å². The van der Waals surface area contributed by atoms with Crippen molar-refractivity contribution in [3.8, 4) is 0 Å². The second-order valence-electron chi connectivity index (χ2n) is 6.04. The molecule has 1 amide bonds. The van der Waals surface area contributed by atoms with E-state index in [1.807, 2.05) is 30.5 Å². The van der Waals surface area contributed by atoms with Gasteiger partial charge in [-0.15, -0.1) is 24.2 Å². The molecule has 21 heavy (non-hydrogen) atoms. The number of rotatable bonds is 4. The summed E-state index contributed by atoms with van der Waals surface area (Å²) in [7, 11) is 0. The Morgan fingerprint density at radius 2 is 2.05 bits per heavy atom. The van der Waals surface area contributed by atoms with E-state index in [-0.39, 0.29) is 23.7 Å². The number of piperidine rings is 1. The van der Waals surface area contributed by atoms with Crippen molar-refractivity contribution in [1.29, 1.82) is 0 Å². The van der Waals surface area contributed by atoms with Crippen LogP contribution in [0.4, 0.5) is 0 Å². The Morgan fingerprint density at radius 1 is 1.38 bits per heavy atom. The first-order valence-corrected chi connectivity index (χ1v) is 8.41. The Hall–Kier alpha value is -0.710. The van der Waals surface area contributed by atoms with Gasteiger partial charge in [0, 0.05) is 23.0 Å². The van der Waals surface area contributed by atoms with Crippen LogP contribution >= 0.6 is 24.2 Å². The van der Waals surface area contributed by atoms with Gasteiger partial charge in [0.15, 0.2) is 0 Å². The van der Waals surface area contributed by atoms with Crippen molar-refractivity contribution in [2.75, 3.05) is 19.3 Å². The Bertz CT molecular complexity index is 462. The molecular formula is C16H25ClN2OS. The minimum atomic E-state index is 0. The van der Waals surface area contributed by atoms with E-state index in [9.17, 15) is 4.79 Å². The third-order valence-corrected chi connectivity index (χ3v) is 4.89. The maximum Gasteiger partial charge on any atom is 0.251 e. The molecule has 118 valence electrons. The van der Waals surface area contributed by atoms with Crippen LogP contribution in [-0.4, -0.2) is 31.3 Å². The summed E-state index contributed by atoms with van der Waals surface area (Å²) in [6, 6.07) is 8.11. The predicted molar refractivity (Wildman–Crippen MR) is 92.6 cm³/mol. The molecule has 1 aliphatic heterocycles. The Labute approximate surface area is 138 Å². The highest BCUT2D eigenvalue weighted by Gasteiger charge is 2.31. The van der Waals surface area contributed by atoms with Gasteiger partial charge in [-0.1, -0.05) is 13.8 Å². The zero-order valence-electron chi connectivity index (χ0n) is 12.9. The number of halogens is 1. The van der Waals surface area contributed by atoms with E-state index >= 15 is 0 Å². The highest BCUT2D eigenvalue weighted by molar-refractivity contribution is 7.98. The Balaban J connectivity index is 0.00000220. The lowest BCUT2D eigenvalue weighted by Gasteiger charge is -2.39. The topological polar surface area (TPSA) is 41.1 Å².